The summed E-state index contributed by atoms with van der Waals surface area (Å²) in [7, 11) is 0. The minimum absolute atomic E-state index is 0. The maximum atomic E-state index is 2.36. The zero-order valence-corrected chi connectivity index (χ0v) is 7.48. The Labute approximate surface area is 67.0 Å². The number of hydrogen-bond acceptors (Lipinski definition) is 0. The molecule has 0 amide bonds. The lowest BCUT2D eigenvalue weighted by atomic mass is 9.80. The van der Waals surface area contributed by atoms with Crippen LogP contribution in [-0.2, 0) is 0 Å². The van der Waals surface area contributed by atoms with Crippen molar-refractivity contribution in [2.45, 2.75) is 46.5 Å². The maximum absolute atomic E-state index is 2.36. The van der Waals surface area contributed by atoms with Crippen molar-refractivity contribution in [3.05, 3.63) is 0 Å². The highest BCUT2D eigenvalue weighted by atomic mass is 14.3. The van der Waals surface area contributed by atoms with Gasteiger partial charge < -0.3 is 0 Å². The molecule has 0 aromatic heterocycles. The van der Waals surface area contributed by atoms with Gasteiger partial charge in [-0.15, -0.1) is 0 Å². The standard InChI is InChI=1S/C9H18.B/c1-9(2,3)8-6-4-5-7-8;/h8H,4-7H2,1-3H3;. The Morgan fingerprint density at radius 3 is 1.60 bits per heavy atom. The summed E-state index contributed by atoms with van der Waals surface area (Å²) in [4.78, 5) is 0. The van der Waals surface area contributed by atoms with Gasteiger partial charge in [0.2, 0.25) is 0 Å². The average Bonchev–Trinajstić information content (AvgIpc) is 2.08. The van der Waals surface area contributed by atoms with Gasteiger partial charge in [-0.25, -0.2) is 0 Å². The minimum atomic E-state index is 0. The van der Waals surface area contributed by atoms with E-state index in [0.29, 0.717) is 5.41 Å². The largest absolute Gasteiger partial charge is 0.0599 e. The van der Waals surface area contributed by atoms with Crippen LogP contribution in [0, 0.1) is 11.3 Å². The lowest BCUT2D eigenvalue weighted by molar-refractivity contribution is 0.246. The van der Waals surface area contributed by atoms with Crippen LogP contribution in [0.3, 0.4) is 0 Å². The third-order valence-corrected chi connectivity index (χ3v) is 2.58. The lowest BCUT2D eigenvalue weighted by Gasteiger charge is -2.26. The topological polar surface area (TPSA) is 0 Å². The fourth-order valence-corrected chi connectivity index (χ4v) is 1.79. The Morgan fingerprint density at radius 2 is 1.40 bits per heavy atom. The molecule has 1 fully saturated rings. The summed E-state index contributed by atoms with van der Waals surface area (Å²) < 4.78 is 0. The molecule has 0 aromatic rings. The van der Waals surface area contributed by atoms with E-state index in [1.807, 2.05) is 0 Å². The molecule has 1 rings (SSSR count). The zero-order chi connectivity index (χ0) is 6.91. The highest BCUT2D eigenvalue weighted by Crippen LogP contribution is 2.38. The van der Waals surface area contributed by atoms with E-state index in [9.17, 15) is 0 Å². The predicted molar refractivity (Wildman–Crippen MR) is 47.2 cm³/mol. The van der Waals surface area contributed by atoms with Crippen molar-refractivity contribution >= 4 is 8.41 Å². The van der Waals surface area contributed by atoms with Crippen LogP contribution in [0.15, 0.2) is 0 Å². The van der Waals surface area contributed by atoms with E-state index in [1.165, 1.54) is 25.7 Å². The molecule has 1 aliphatic rings. The lowest BCUT2D eigenvalue weighted by Crippen LogP contribution is -2.16. The molecule has 0 N–H and O–H groups in total. The summed E-state index contributed by atoms with van der Waals surface area (Å²) in [6, 6.07) is 0. The van der Waals surface area contributed by atoms with Crippen molar-refractivity contribution in [3.8, 4) is 0 Å². The Hall–Kier alpha value is 0.0649. The fourth-order valence-electron chi connectivity index (χ4n) is 1.79. The van der Waals surface area contributed by atoms with Crippen molar-refractivity contribution in [3.63, 3.8) is 0 Å². The van der Waals surface area contributed by atoms with Gasteiger partial charge in [0, 0.05) is 8.41 Å². The third kappa shape index (κ3) is 2.36. The van der Waals surface area contributed by atoms with Gasteiger partial charge in [-0.2, -0.15) is 0 Å². The van der Waals surface area contributed by atoms with Gasteiger partial charge in [-0.05, 0) is 24.2 Å². The first-order valence-corrected chi connectivity index (χ1v) is 4.11. The van der Waals surface area contributed by atoms with E-state index >= 15 is 0 Å². The van der Waals surface area contributed by atoms with Crippen LogP contribution >= 0.6 is 0 Å². The van der Waals surface area contributed by atoms with Gasteiger partial charge >= 0.3 is 0 Å². The van der Waals surface area contributed by atoms with E-state index in [4.69, 9.17) is 0 Å². The Balaban J connectivity index is 0.000000810. The zero-order valence-electron chi connectivity index (χ0n) is 7.48. The maximum Gasteiger partial charge on any atom is 0 e. The van der Waals surface area contributed by atoms with Gasteiger partial charge in [0.05, 0.1) is 0 Å². The average molecular weight is 137 g/mol. The first-order valence-electron chi connectivity index (χ1n) is 4.11. The van der Waals surface area contributed by atoms with Gasteiger partial charge in [0.25, 0.3) is 0 Å². The van der Waals surface area contributed by atoms with E-state index < -0.39 is 0 Å². The Morgan fingerprint density at radius 1 is 1.00 bits per heavy atom. The molecule has 0 unspecified atom stereocenters. The SMILES string of the molecule is CC(C)(C)C1CCCC1.[B]. The first kappa shape index (κ1) is 10.1. The molecular weight excluding hydrogens is 119 g/mol. The summed E-state index contributed by atoms with van der Waals surface area (Å²) >= 11 is 0. The first-order chi connectivity index (χ1) is 4.11. The highest BCUT2D eigenvalue weighted by Gasteiger charge is 2.26. The van der Waals surface area contributed by atoms with Gasteiger partial charge in [0.15, 0.2) is 0 Å². The van der Waals surface area contributed by atoms with Crippen molar-refractivity contribution in [2.24, 2.45) is 11.3 Å². The van der Waals surface area contributed by atoms with Crippen LogP contribution < -0.4 is 0 Å². The van der Waals surface area contributed by atoms with Crippen LogP contribution in [0.25, 0.3) is 0 Å². The van der Waals surface area contributed by atoms with Crippen LogP contribution in [0.1, 0.15) is 46.5 Å². The molecule has 0 bridgehead atoms. The van der Waals surface area contributed by atoms with Crippen LogP contribution in [0.5, 0.6) is 0 Å². The number of rotatable bonds is 0. The van der Waals surface area contributed by atoms with E-state index in [1.54, 1.807) is 0 Å². The Kier molecular flexibility index (Phi) is 3.48. The smallest absolute Gasteiger partial charge is 0 e. The van der Waals surface area contributed by atoms with Gasteiger partial charge in [0.1, 0.15) is 0 Å². The molecule has 0 heterocycles. The normalized spacial score (nSPS) is 20.7. The molecule has 1 aliphatic carbocycles. The van der Waals surface area contributed by atoms with Crippen molar-refractivity contribution < 1.29 is 0 Å². The molecule has 10 heavy (non-hydrogen) atoms. The molecule has 0 spiro atoms. The number of hydrogen-bond donors (Lipinski definition) is 0. The van der Waals surface area contributed by atoms with Crippen molar-refractivity contribution in [1.82, 2.24) is 0 Å². The van der Waals surface area contributed by atoms with Crippen molar-refractivity contribution in [1.29, 1.82) is 0 Å². The summed E-state index contributed by atoms with van der Waals surface area (Å²) in [5, 5.41) is 0. The summed E-state index contributed by atoms with van der Waals surface area (Å²) in [5.41, 5.74) is 0.580. The molecule has 3 radical (unpaired) electrons. The molecule has 0 aromatic carbocycles. The Bertz CT molecular complexity index is 85.4. The molecule has 1 saturated carbocycles. The van der Waals surface area contributed by atoms with Gasteiger partial charge in [-0.1, -0.05) is 33.6 Å². The monoisotopic (exact) mass is 137 g/mol. The fraction of sp³-hybridized carbons (Fsp3) is 1.00. The molecule has 0 aliphatic heterocycles. The summed E-state index contributed by atoms with van der Waals surface area (Å²) in [6.45, 7) is 7.09. The van der Waals surface area contributed by atoms with Crippen LogP contribution in [-0.4, -0.2) is 8.41 Å². The molecule has 1 heteroatoms. The van der Waals surface area contributed by atoms with E-state index in [0.717, 1.165) is 5.92 Å². The quantitative estimate of drug-likeness (QED) is 0.450. The van der Waals surface area contributed by atoms with Crippen LogP contribution in [0.4, 0.5) is 0 Å². The molecular formula is C9H18B. The predicted octanol–water partition coefficient (Wildman–Crippen LogP) is 2.84. The molecule has 0 nitrogen and oxygen atoms in total. The minimum Gasteiger partial charge on any atom is -0.0599 e. The van der Waals surface area contributed by atoms with Crippen LogP contribution in [0.2, 0.25) is 0 Å². The molecule has 0 saturated heterocycles. The second-order valence-corrected chi connectivity index (χ2v) is 4.35. The third-order valence-electron chi connectivity index (χ3n) is 2.58. The van der Waals surface area contributed by atoms with Crippen molar-refractivity contribution in [2.75, 3.05) is 0 Å². The van der Waals surface area contributed by atoms with Gasteiger partial charge in [-0.3, -0.25) is 0 Å². The summed E-state index contributed by atoms with van der Waals surface area (Å²) in [6.07, 6.45) is 5.90. The second kappa shape index (κ2) is 3.45. The second-order valence-electron chi connectivity index (χ2n) is 4.35. The highest BCUT2D eigenvalue weighted by molar-refractivity contribution is 5.75. The molecule has 57 valence electrons. The van der Waals surface area contributed by atoms with E-state index in [-0.39, 0.29) is 8.41 Å². The van der Waals surface area contributed by atoms with E-state index in [2.05, 4.69) is 20.8 Å². The summed E-state index contributed by atoms with van der Waals surface area (Å²) in [5.74, 6) is 1.01. The molecule has 0 atom stereocenters.